The number of pyridine rings is 1. The molecular weight excluding hydrogens is 432 g/mol. The fourth-order valence-corrected chi connectivity index (χ4v) is 3.93. The number of benzene rings is 2. The first-order valence-corrected chi connectivity index (χ1v) is 10.6. The largest absolute Gasteiger partial charge is 0.494 e. The third-order valence-electron chi connectivity index (χ3n) is 5.61. The second kappa shape index (κ2) is 8.33. The minimum absolute atomic E-state index is 0.0233. The molecule has 0 bridgehead atoms. The van der Waals surface area contributed by atoms with Crippen molar-refractivity contribution in [1.82, 2.24) is 19.9 Å². The second-order valence-electron chi connectivity index (χ2n) is 7.94. The summed E-state index contributed by atoms with van der Waals surface area (Å²) in [5, 5.41) is 22.5. The smallest absolute Gasteiger partial charge is 0.231 e. The number of fused-ring (bicyclic) bond motifs is 2. The average molecular weight is 452 g/mol. The van der Waals surface area contributed by atoms with Crippen molar-refractivity contribution in [3.05, 3.63) is 71.0 Å². The highest BCUT2D eigenvalue weighted by molar-refractivity contribution is 5.95. The van der Waals surface area contributed by atoms with Crippen molar-refractivity contribution >= 4 is 33.6 Å². The van der Waals surface area contributed by atoms with Crippen LogP contribution in [-0.4, -0.2) is 32.9 Å². The van der Waals surface area contributed by atoms with Gasteiger partial charge in [0.1, 0.15) is 28.6 Å². The van der Waals surface area contributed by atoms with Crippen LogP contribution >= 0.6 is 0 Å². The summed E-state index contributed by atoms with van der Waals surface area (Å²) in [7, 11) is 1.58. The molecule has 9 heteroatoms. The van der Waals surface area contributed by atoms with E-state index in [-0.39, 0.29) is 23.7 Å². The summed E-state index contributed by atoms with van der Waals surface area (Å²) in [6, 6.07) is 15.3. The average Bonchev–Trinajstić information content (AvgIpc) is 3.42. The van der Waals surface area contributed by atoms with Crippen LogP contribution in [-0.2, 0) is 11.2 Å². The summed E-state index contributed by atoms with van der Waals surface area (Å²) >= 11 is 0. The minimum atomic E-state index is -0.356. The number of rotatable bonds is 5. The number of amides is 1. The van der Waals surface area contributed by atoms with E-state index in [0.717, 1.165) is 21.9 Å². The van der Waals surface area contributed by atoms with Crippen LogP contribution in [0.1, 0.15) is 22.4 Å². The number of nitrogens with zero attached hydrogens (tertiary/aromatic N) is 5. The maximum Gasteiger partial charge on any atom is 0.231 e. The maximum atomic E-state index is 13.0. The molecule has 0 saturated heterocycles. The van der Waals surface area contributed by atoms with E-state index >= 15 is 0 Å². The number of aryl methyl sites for hydroxylation is 2. The number of nitriles is 1. The molecule has 0 aliphatic rings. The van der Waals surface area contributed by atoms with Crippen molar-refractivity contribution in [1.29, 1.82) is 5.26 Å². The van der Waals surface area contributed by atoms with Crippen LogP contribution in [0.4, 0.5) is 5.82 Å². The van der Waals surface area contributed by atoms with Crippen LogP contribution < -0.4 is 10.1 Å². The van der Waals surface area contributed by atoms with Gasteiger partial charge in [-0.25, -0.2) is 4.98 Å². The highest BCUT2D eigenvalue weighted by Gasteiger charge is 2.19. The van der Waals surface area contributed by atoms with Gasteiger partial charge >= 0.3 is 0 Å². The molecule has 5 rings (SSSR count). The summed E-state index contributed by atoms with van der Waals surface area (Å²) in [5.41, 5.74) is 4.00. The monoisotopic (exact) mass is 452 g/mol. The SMILES string of the molecule is COc1cccc2c(C)cc(-n3ncc(C#N)c3NC(=O)Cc3noc4ccc(C)cc34)nc12. The predicted molar refractivity (Wildman–Crippen MR) is 126 cm³/mol. The van der Waals surface area contributed by atoms with E-state index in [1.807, 2.05) is 56.3 Å². The van der Waals surface area contributed by atoms with Crippen molar-refractivity contribution in [3.63, 3.8) is 0 Å². The lowest BCUT2D eigenvalue weighted by molar-refractivity contribution is -0.115. The molecule has 0 radical (unpaired) electrons. The molecule has 0 atom stereocenters. The van der Waals surface area contributed by atoms with Gasteiger partial charge in [0.25, 0.3) is 0 Å². The Kier molecular flexibility index (Phi) is 5.18. The summed E-state index contributed by atoms with van der Waals surface area (Å²) in [6.07, 6.45) is 1.37. The van der Waals surface area contributed by atoms with Crippen LogP contribution in [0, 0.1) is 25.2 Å². The van der Waals surface area contributed by atoms with Crippen LogP contribution in [0.25, 0.3) is 27.7 Å². The molecule has 0 spiro atoms. The lowest BCUT2D eigenvalue weighted by Crippen LogP contribution is -2.18. The van der Waals surface area contributed by atoms with Gasteiger partial charge in [-0.2, -0.15) is 15.0 Å². The molecule has 0 aliphatic carbocycles. The number of nitrogens with one attached hydrogen (secondary N) is 1. The highest BCUT2D eigenvalue weighted by Crippen LogP contribution is 2.29. The Hall–Kier alpha value is -4.71. The summed E-state index contributed by atoms with van der Waals surface area (Å²) in [4.78, 5) is 17.7. The van der Waals surface area contributed by atoms with Crippen molar-refractivity contribution in [2.75, 3.05) is 12.4 Å². The Morgan fingerprint density at radius 1 is 1.21 bits per heavy atom. The quantitative estimate of drug-likeness (QED) is 0.424. The Balaban J connectivity index is 1.52. The number of methoxy groups -OCH3 is 1. The molecule has 0 unspecified atom stereocenters. The van der Waals surface area contributed by atoms with E-state index in [4.69, 9.17) is 14.2 Å². The van der Waals surface area contributed by atoms with E-state index < -0.39 is 0 Å². The number of aromatic nitrogens is 4. The van der Waals surface area contributed by atoms with Gasteiger partial charge in [-0.15, -0.1) is 0 Å². The summed E-state index contributed by atoms with van der Waals surface area (Å²) in [6.45, 7) is 3.92. The lowest BCUT2D eigenvalue weighted by Gasteiger charge is -2.12. The zero-order valence-electron chi connectivity index (χ0n) is 18.8. The number of anilines is 1. The number of carbonyl (C=O) groups is 1. The molecule has 5 aromatic rings. The minimum Gasteiger partial charge on any atom is -0.494 e. The van der Waals surface area contributed by atoms with E-state index in [9.17, 15) is 10.1 Å². The molecule has 168 valence electrons. The molecule has 0 fully saturated rings. The van der Waals surface area contributed by atoms with Gasteiger partial charge in [0.05, 0.1) is 19.7 Å². The molecular formula is C25H20N6O3. The van der Waals surface area contributed by atoms with E-state index in [1.165, 1.54) is 10.9 Å². The molecule has 2 aromatic carbocycles. The van der Waals surface area contributed by atoms with Crippen molar-refractivity contribution < 1.29 is 14.1 Å². The third kappa shape index (κ3) is 3.61. The van der Waals surface area contributed by atoms with Gasteiger partial charge < -0.3 is 14.6 Å². The van der Waals surface area contributed by atoms with Gasteiger partial charge in [0.2, 0.25) is 5.91 Å². The molecule has 3 heterocycles. The first-order valence-electron chi connectivity index (χ1n) is 10.6. The van der Waals surface area contributed by atoms with Crippen molar-refractivity contribution in [3.8, 4) is 17.6 Å². The van der Waals surface area contributed by atoms with Gasteiger partial charge in [-0.3, -0.25) is 4.79 Å². The Labute approximate surface area is 194 Å². The first-order chi connectivity index (χ1) is 16.5. The number of ether oxygens (including phenoxy) is 1. The van der Waals surface area contributed by atoms with Gasteiger partial charge in [0, 0.05) is 10.8 Å². The molecule has 0 aliphatic heterocycles. The third-order valence-corrected chi connectivity index (χ3v) is 5.61. The van der Waals surface area contributed by atoms with E-state index in [0.29, 0.717) is 28.4 Å². The highest BCUT2D eigenvalue weighted by atomic mass is 16.5. The summed E-state index contributed by atoms with van der Waals surface area (Å²) in [5.74, 6) is 0.949. The standard InChI is InChI=1S/C25H20N6O3/c1-14-7-8-20-18(9-14)19(30-34-20)11-23(32)29-25-16(12-26)13-27-31(25)22-10-15(2)17-5-4-6-21(33-3)24(17)28-22/h4-10,13H,11H2,1-3H3,(H,29,32). The van der Waals surface area contributed by atoms with Gasteiger partial charge in [-0.1, -0.05) is 28.9 Å². The topological polar surface area (TPSA) is 119 Å². The molecule has 0 saturated carbocycles. The van der Waals surface area contributed by atoms with E-state index in [2.05, 4.69) is 21.6 Å². The van der Waals surface area contributed by atoms with Gasteiger partial charge in [-0.05, 0) is 43.7 Å². The van der Waals surface area contributed by atoms with Crippen LogP contribution in [0.15, 0.2) is 53.2 Å². The molecule has 3 aromatic heterocycles. The van der Waals surface area contributed by atoms with E-state index in [1.54, 1.807) is 7.11 Å². The fraction of sp³-hybridized carbons (Fsp3) is 0.160. The number of carbonyl (C=O) groups excluding carboxylic acids is 1. The Morgan fingerprint density at radius 2 is 2.06 bits per heavy atom. The summed E-state index contributed by atoms with van der Waals surface area (Å²) < 4.78 is 12.2. The van der Waals surface area contributed by atoms with Crippen LogP contribution in [0.2, 0.25) is 0 Å². The molecule has 9 nitrogen and oxygen atoms in total. The zero-order chi connectivity index (χ0) is 23.8. The van der Waals surface area contributed by atoms with Crippen LogP contribution in [0.3, 0.4) is 0 Å². The number of hydrogen-bond donors (Lipinski definition) is 1. The maximum absolute atomic E-state index is 13.0. The van der Waals surface area contributed by atoms with Crippen molar-refractivity contribution in [2.24, 2.45) is 0 Å². The van der Waals surface area contributed by atoms with Gasteiger partial charge in [0.15, 0.2) is 17.2 Å². The normalized spacial score (nSPS) is 11.0. The number of hydrogen-bond acceptors (Lipinski definition) is 7. The van der Waals surface area contributed by atoms with Crippen molar-refractivity contribution in [2.45, 2.75) is 20.3 Å². The fourth-order valence-electron chi connectivity index (χ4n) is 3.93. The molecule has 1 N–H and O–H groups in total. The number of para-hydroxylation sites is 1. The lowest BCUT2D eigenvalue weighted by atomic mass is 10.1. The second-order valence-corrected chi connectivity index (χ2v) is 7.94. The predicted octanol–water partition coefficient (Wildman–Crippen LogP) is 4.24. The Morgan fingerprint density at radius 3 is 2.85 bits per heavy atom. The Bertz CT molecular complexity index is 1610. The first kappa shape index (κ1) is 21.2. The molecule has 34 heavy (non-hydrogen) atoms. The van der Waals surface area contributed by atoms with Crippen LogP contribution in [0.5, 0.6) is 5.75 Å². The zero-order valence-corrected chi connectivity index (χ0v) is 18.8. The molecule has 1 amide bonds.